The number of hydrogen-bond donors (Lipinski definition) is 0. The van der Waals surface area contributed by atoms with Crippen LogP contribution in [0.1, 0.15) is 163 Å². The molecule has 0 radical (unpaired) electrons. The van der Waals surface area contributed by atoms with Crippen molar-refractivity contribution in [3.05, 3.63) is 76.4 Å². The average molecular weight is 547 g/mol. The van der Waals surface area contributed by atoms with E-state index in [-0.39, 0.29) is 11.6 Å². The van der Waals surface area contributed by atoms with Gasteiger partial charge >= 0.3 is 0 Å². The topological polar surface area (TPSA) is 0 Å². The van der Waals surface area contributed by atoms with Crippen LogP contribution in [0.4, 0.5) is 8.78 Å². The molecule has 218 valence electrons. The van der Waals surface area contributed by atoms with E-state index in [2.05, 4.69) is 38.1 Å². The van der Waals surface area contributed by atoms with Crippen LogP contribution in [0, 0.1) is 23.5 Å². The zero-order chi connectivity index (χ0) is 27.9. The molecule has 5 rings (SSSR count). The van der Waals surface area contributed by atoms with Crippen molar-refractivity contribution in [3.8, 4) is 0 Å². The van der Waals surface area contributed by atoms with Crippen LogP contribution in [0.5, 0.6) is 0 Å². The second kappa shape index (κ2) is 14.3. The van der Waals surface area contributed by atoms with Crippen molar-refractivity contribution in [2.45, 2.75) is 141 Å². The highest BCUT2D eigenvalue weighted by Crippen LogP contribution is 2.42. The maximum atomic E-state index is 15.3. The molecule has 0 nitrogen and oxygen atoms in total. The predicted octanol–water partition coefficient (Wildman–Crippen LogP) is 12.2. The third-order valence-electron chi connectivity index (χ3n) is 10.8. The van der Waals surface area contributed by atoms with Gasteiger partial charge in [-0.25, -0.2) is 8.78 Å². The second-order valence-electron chi connectivity index (χ2n) is 13.4. The number of hydrogen-bond acceptors (Lipinski definition) is 0. The Morgan fingerprint density at radius 3 is 1.90 bits per heavy atom. The molecule has 0 aliphatic heterocycles. The second-order valence-corrected chi connectivity index (χ2v) is 13.4. The van der Waals surface area contributed by atoms with Gasteiger partial charge in [0.15, 0.2) is 0 Å². The molecule has 40 heavy (non-hydrogen) atoms. The fraction of sp³-hybridized carbons (Fsp3) is 0.632. The standard InChI is InChI=1S/C38H52F2/c1-3-5-6-8-28-9-13-29(14-10-28)33-21-24-36(38(40)25-33)32-19-17-30(18-20-32)34-22-23-35(37(39)26-34)31-15-11-27(7-4-2)12-16-31/h19,21-31H,3-18,20H2,1-2H3. The summed E-state index contributed by atoms with van der Waals surface area (Å²) in [4.78, 5) is 0. The predicted molar refractivity (Wildman–Crippen MR) is 166 cm³/mol. The minimum Gasteiger partial charge on any atom is -0.207 e. The molecule has 0 amide bonds. The maximum absolute atomic E-state index is 15.3. The van der Waals surface area contributed by atoms with E-state index >= 15 is 8.78 Å². The van der Waals surface area contributed by atoms with E-state index in [1.54, 1.807) is 0 Å². The number of unbranched alkanes of at least 4 members (excludes halogenated alkanes) is 2. The quantitative estimate of drug-likeness (QED) is 0.260. The summed E-state index contributed by atoms with van der Waals surface area (Å²) in [5.41, 5.74) is 5.13. The Hall–Kier alpha value is -1.96. The zero-order valence-corrected chi connectivity index (χ0v) is 25.2. The summed E-state index contributed by atoms with van der Waals surface area (Å²) >= 11 is 0. The van der Waals surface area contributed by atoms with Gasteiger partial charge in [-0.05, 0) is 135 Å². The van der Waals surface area contributed by atoms with E-state index in [0.29, 0.717) is 17.8 Å². The highest BCUT2D eigenvalue weighted by atomic mass is 19.1. The van der Waals surface area contributed by atoms with Crippen LogP contribution in [-0.4, -0.2) is 0 Å². The van der Waals surface area contributed by atoms with Crippen molar-refractivity contribution >= 4 is 5.57 Å². The molecule has 3 aliphatic rings. The molecule has 2 aromatic rings. The molecule has 0 saturated heterocycles. The summed E-state index contributed by atoms with van der Waals surface area (Å²) in [6.07, 6.45) is 22.6. The minimum absolute atomic E-state index is 0.0113. The first-order valence-electron chi connectivity index (χ1n) is 16.8. The molecule has 2 fully saturated rings. The molecule has 0 N–H and O–H groups in total. The largest absolute Gasteiger partial charge is 0.207 e. The van der Waals surface area contributed by atoms with Gasteiger partial charge in [-0.2, -0.15) is 0 Å². The Labute approximate surface area is 243 Å². The molecule has 0 aromatic heterocycles. The number of allylic oxidation sites excluding steroid dienone is 2. The molecule has 0 spiro atoms. The first-order chi connectivity index (χ1) is 19.6. The van der Waals surface area contributed by atoms with Crippen LogP contribution < -0.4 is 0 Å². The first-order valence-corrected chi connectivity index (χ1v) is 16.8. The van der Waals surface area contributed by atoms with Gasteiger partial charge in [0.05, 0.1) is 0 Å². The van der Waals surface area contributed by atoms with E-state index in [1.165, 1.54) is 82.6 Å². The number of halogens is 2. The first kappa shape index (κ1) is 29.5. The van der Waals surface area contributed by atoms with Crippen molar-refractivity contribution < 1.29 is 8.78 Å². The van der Waals surface area contributed by atoms with Gasteiger partial charge in [0.25, 0.3) is 0 Å². The smallest absolute Gasteiger partial charge is 0.130 e. The van der Waals surface area contributed by atoms with E-state index in [9.17, 15) is 0 Å². The van der Waals surface area contributed by atoms with E-state index in [0.717, 1.165) is 66.2 Å². The van der Waals surface area contributed by atoms with Crippen molar-refractivity contribution in [1.82, 2.24) is 0 Å². The molecule has 3 aliphatic carbocycles. The molecule has 0 heterocycles. The molecule has 2 aromatic carbocycles. The van der Waals surface area contributed by atoms with Gasteiger partial charge in [-0.3, -0.25) is 0 Å². The fourth-order valence-corrected chi connectivity index (χ4v) is 8.19. The molecular weight excluding hydrogens is 494 g/mol. The van der Waals surface area contributed by atoms with Gasteiger partial charge < -0.3 is 0 Å². The Morgan fingerprint density at radius 1 is 0.625 bits per heavy atom. The SMILES string of the molecule is CCCCCC1CCC(c2ccc(C3=CCC(c4ccc(C5CCC(CCC)CC5)c(F)c4)CC3)c(F)c2)CC1. The Kier molecular flexibility index (Phi) is 10.5. The van der Waals surface area contributed by atoms with E-state index in [1.807, 2.05) is 18.2 Å². The summed E-state index contributed by atoms with van der Waals surface area (Å²) in [7, 11) is 0. The number of benzene rings is 2. The van der Waals surface area contributed by atoms with E-state index in [4.69, 9.17) is 0 Å². The Morgan fingerprint density at radius 2 is 1.27 bits per heavy atom. The van der Waals surface area contributed by atoms with Gasteiger partial charge in [0, 0.05) is 5.56 Å². The fourth-order valence-electron chi connectivity index (χ4n) is 8.19. The molecule has 0 bridgehead atoms. The maximum Gasteiger partial charge on any atom is 0.130 e. The van der Waals surface area contributed by atoms with Crippen molar-refractivity contribution in [2.75, 3.05) is 0 Å². The molecule has 1 atom stereocenters. The molecule has 2 heteroatoms. The summed E-state index contributed by atoms with van der Waals surface area (Å²) in [6, 6.07) is 12.1. The van der Waals surface area contributed by atoms with Gasteiger partial charge in [-0.15, -0.1) is 0 Å². The van der Waals surface area contributed by atoms with Gasteiger partial charge in [-0.1, -0.05) is 82.7 Å². The minimum atomic E-state index is -0.0590. The molecular formula is C38H52F2. The van der Waals surface area contributed by atoms with Crippen LogP contribution in [0.25, 0.3) is 5.57 Å². The van der Waals surface area contributed by atoms with Gasteiger partial charge in [0.2, 0.25) is 0 Å². The molecule has 1 unspecified atom stereocenters. The number of rotatable bonds is 10. The summed E-state index contributed by atoms with van der Waals surface area (Å²) in [5.74, 6) is 2.86. The highest BCUT2D eigenvalue weighted by Gasteiger charge is 2.26. The lowest BCUT2D eigenvalue weighted by Gasteiger charge is -2.29. The monoisotopic (exact) mass is 546 g/mol. The van der Waals surface area contributed by atoms with Gasteiger partial charge in [0.1, 0.15) is 11.6 Å². The van der Waals surface area contributed by atoms with Crippen LogP contribution in [-0.2, 0) is 0 Å². The Balaban J connectivity index is 1.16. The normalized spacial score (nSPS) is 27.4. The highest BCUT2D eigenvalue weighted by molar-refractivity contribution is 5.67. The third kappa shape index (κ3) is 7.27. The van der Waals surface area contributed by atoms with Crippen LogP contribution in [0.2, 0.25) is 0 Å². The summed E-state index contributed by atoms with van der Waals surface area (Å²) in [6.45, 7) is 4.54. The lowest BCUT2D eigenvalue weighted by Crippen LogP contribution is -2.14. The zero-order valence-electron chi connectivity index (χ0n) is 25.2. The summed E-state index contributed by atoms with van der Waals surface area (Å²) < 4.78 is 30.6. The van der Waals surface area contributed by atoms with Crippen LogP contribution in [0.3, 0.4) is 0 Å². The lowest BCUT2D eigenvalue weighted by atomic mass is 9.76. The van der Waals surface area contributed by atoms with Crippen molar-refractivity contribution in [3.63, 3.8) is 0 Å². The molecule has 2 saturated carbocycles. The lowest BCUT2D eigenvalue weighted by molar-refractivity contribution is 0.302. The van der Waals surface area contributed by atoms with Crippen LogP contribution >= 0.6 is 0 Å². The van der Waals surface area contributed by atoms with Crippen molar-refractivity contribution in [2.24, 2.45) is 11.8 Å². The third-order valence-corrected chi connectivity index (χ3v) is 10.8. The average Bonchev–Trinajstić information content (AvgIpc) is 2.98. The summed E-state index contributed by atoms with van der Waals surface area (Å²) in [5, 5.41) is 0. The van der Waals surface area contributed by atoms with Crippen molar-refractivity contribution in [1.29, 1.82) is 0 Å². The Bertz CT molecular complexity index is 1110. The van der Waals surface area contributed by atoms with E-state index < -0.39 is 0 Å². The van der Waals surface area contributed by atoms with Crippen LogP contribution in [0.15, 0.2) is 42.5 Å².